The highest BCUT2D eigenvalue weighted by Crippen LogP contribution is 1.99. The number of hydrogen-bond donors (Lipinski definition) is 0. The zero-order chi connectivity index (χ0) is 13.1. The molecule has 6 nitrogen and oxygen atoms in total. The molecule has 0 atom stereocenters. The molecule has 0 saturated carbocycles. The summed E-state index contributed by atoms with van der Waals surface area (Å²) in [6.07, 6.45) is 4.65. The van der Waals surface area contributed by atoms with Gasteiger partial charge in [0.1, 0.15) is 0 Å². The Bertz CT molecular complexity index is 413. The van der Waals surface area contributed by atoms with Crippen molar-refractivity contribution in [2.75, 3.05) is 0 Å². The molecule has 0 amide bonds. The van der Waals surface area contributed by atoms with Crippen LogP contribution >= 0.6 is 0 Å². The molecule has 0 aromatic heterocycles. The Labute approximate surface area is 98.2 Å². The van der Waals surface area contributed by atoms with Gasteiger partial charge in [-0.3, -0.25) is 20.2 Å². The Hall–Kier alpha value is -2.50. The van der Waals surface area contributed by atoms with Crippen LogP contribution in [-0.4, -0.2) is 9.85 Å². The molecule has 0 aliphatic rings. The van der Waals surface area contributed by atoms with E-state index in [-0.39, 0.29) is 0 Å². The van der Waals surface area contributed by atoms with Gasteiger partial charge >= 0.3 is 0 Å². The fourth-order valence-electron chi connectivity index (χ4n) is 0.833. The van der Waals surface area contributed by atoms with Crippen LogP contribution in [0.4, 0.5) is 0 Å². The van der Waals surface area contributed by atoms with Gasteiger partial charge in [0.05, 0.1) is 9.85 Å². The van der Waals surface area contributed by atoms with Crippen molar-refractivity contribution >= 4 is 6.08 Å². The van der Waals surface area contributed by atoms with Crippen molar-refractivity contribution in [3.05, 3.63) is 74.6 Å². The van der Waals surface area contributed by atoms with Crippen LogP contribution in [0.15, 0.2) is 48.8 Å². The molecule has 0 radical (unpaired) electrons. The van der Waals surface area contributed by atoms with Crippen molar-refractivity contribution in [1.29, 1.82) is 0 Å². The largest absolute Gasteiger partial charge is 0.259 e. The van der Waals surface area contributed by atoms with Gasteiger partial charge in [-0.1, -0.05) is 30.3 Å². The van der Waals surface area contributed by atoms with Crippen molar-refractivity contribution < 1.29 is 9.85 Å². The highest BCUT2D eigenvalue weighted by molar-refractivity contribution is 5.47. The molecule has 0 heterocycles. The summed E-state index contributed by atoms with van der Waals surface area (Å²) in [7, 11) is 0. The lowest BCUT2D eigenvalue weighted by atomic mass is 10.2. The van der Waals surface area contributed by atoms with E-state index >= 15 is 0 Å². The molecule has 0 N–H and O–H groups in total. The van der Waals surface area contributed by atoms with Crippen molar-refractivity contribution in [3.8, 4) is 0 Å². The molecule has 90 valence electrons. The van der Waals surface area contributed by atoms with E-state index in [0.717, 1.165) is 18.0 Å². The zero-order valence-electron chi connectivity index (χ0n) is 9.22. The van der Waals surface area contributed by atoms with E-state index in [2.05, 4.69) is 0 Å². The van der Waals surface area contributed by atoms with E-state index in [1.807, 2.05) is 18.2 Å². The first-order valence-electron chi connectivity index (χ1n) is 4.69. The van der Waals surface area contributed by atoms with E-state index in [1.54, 1.807) is 19.1 Å². The third-order valence-corrected chi connectivity index (χ3v) is 1.46. The lowest BCUT2D eigenvalue weighted by Crippen LogP contribution is -1.81. The average molecular weight is 236 g/mol. The summed E-state index contributed by atoms with van der Waals surface area (Å²) < 4.78 is 0. The maximum atomic E-state index is 9.89. The zero-order valence-corrected chi connectivity index (χ0v) is 9.22. The SMILES string of the molecule is CC=C[N+](=O)[O-].O=[N+]([O-])C=Cc1ccccc1. The molecule has 0 unspecified atom stereocenters. The Morgan fingerprint density at radius 3 is 1.88 bits per heavy atom. The predicted octanol–water partition coefficient (Wildman–Crippen LogP) is 2.73. The first-order valence-corrected chi connectivity index (χ1v) is 4.69. The van der Waals surface area contributed by atoms with Crippen LogP contribution < -0.4 is 0 Å². The number of nitro groups is 2. The summed E-state index contributed by atoms with van der Waals surface area (Å²) >= 11 is 0. The number of nitrogens with zero attached hydrogens (tertiary/aromatic N) is 2. The summed E-state index contributed by atoms with van der Waals surface area (Å²) in [5.41, 5.74) is 0.837. The molecule has 0 bridgehead atoms. The van der Waals surface area contributed by atoms with Gasteiger partial charge in [0.15, 0.2) is 0 Å². The highest BCUT2D eigenvalue weighted by Gasteiger charge is 1.86. The van der Waals surface area contributed by atoms with E-state index in [4.69, 9.17) is 0 Å². The minimum absolute atomic E-state index is 0.479. The van der Waals surface area contributed by atoms with Gasteiger partial charge < -0.3 is 0 Å². The quantitative estimate of drug-likeness (QED) is 0.596. The lowest BCUT2D eigenvalue weighted by molar-refractivity contribution is -0.402. The molecule has 0 aliphatic carbocycles. The average Bonchev–Trinajstić information content (AvgIpc) is 2.28. The first-order chi connectivity index (χ1) is 8.06. The molecule has 1 aromatic carbocycles. The molecule has 1 aromatic rings. The van der Waals surface area contributed by atoms with Crippen molar-refractivity contribution in [3.63, 3.8) is 0 Å². The third kappa shape index (κ3) is 9.80. The van der Waals surface area contributed by atoms with E-state index in [9.17, 15) is 20.2 Å². The molecule has 1 rings (SSSR count). The normalized spacial score (nSPS) is 9.94. The van der Waals surface area contributed by atoms with Gasteiger partial charge in [0.2, 0.25) is 12.4 Å². The molecular weight excluding hydrogens is 224 g/mol. The molecule has 6 heteroatoms. The summed E-state index contributed by atoms with van der Waals surface area (Å²) in [5, 5.41) is 19.2. The van der Waals surface area contributed by atoms with Crippen LogP contribution in [0, 0.1) is 20.2 Å². The van der Waals surface area contributed by atoms with Crippen molar-refractivity contribution in [2.24, 2.45) is 0 Å². The minimum Gasteiger partial charge on any atom is -0.259 e. The van der Waals surface area contributed by atoms with Gasteiger partial charge in [-0.25, -0.2) is 0 Å². The Balaban J connectivity index is 0.000000366. The number of allylic oxidation sites excluding steroid dienone is 1. The Morgan fingerprint density at radius 1 is 1.00 bits per heavy atom. The standard InChI is InChI=1S/C8H7NO2.C3H5NO2/c10-9(11)7-6-8-4-2-1-3-5-8;1-2-3-4(5)6/h1-7H;2-3H,1H3. The van der Waals surface area contributed by atoms with E-state index in [1.165, 1.54) is 12.2 Å². The van der Waals surface area contributed by atoms with Crippen LogP contribution in [0.1, 0.15) is 12.5 Å². The second-order valence-electron chi connectivity index (χ2n) is 2.78. The summed E-state index contributed by atoms with van der Waals surface area (Å²) in [5.74, 6) is 0. The van der Waals surface area contributed by atoms with Crippen molar-refractivity contribution in [2.45, 2.75) is 6.92 Å². The summed E-state index contributed by atoms with van der Waals surface area (Å²) in [4.78, 5) is 18.2. The van der Waals surface area contributed by atoms with Gasteiger partial charge in [0, 0.05) is 6.08 Å². The lowest BCUT2D eigenvalue weighted by Gasteiger charge is -1.86. The second-order valence-corrected chi connectivity index (χ2v) is 2.78. The van der Waals surface area contributed by atoms with E-state index in [0.29, 0.717) is 0 Å². The molecule has 0 spiro atoms. The van der Waals surface area contributed by atoms with Gasteiger partial charge in [-0.2, -0.15) is 0 Å². The van der Waals surface area contributed by atoms with Gasteiger partial charge in [-0.15, -0.1) is 0 Å². The fourth-order valence-corrected chi connectivity index (χ4v) is 0.833. The molecular formula is C11H12N2O4. The topological polar surface area (TPSA) is 86.3 Å². The van der Waals surface area contributed by atoms with Crippen LogP contribution in [0.25, 0.3) is 6.08 Å². The first kappa shape index (κ1) is 14.5. The molecule has 17 heavy (non-hydrogen) atoms. The molecule has 0 saturated heterocycles. The summed E-state index contributed by atoms with van der Waals surface area (Å²) in [6, 6.07) is 9.14. The predicted molar refractivity (Wildman–Crippen MR) is 64.3 cm³/mol. The van der Waals surface area contributed by atoms with Crippen LogP contribution in [0.2, 0.25) is 0 Å². The monoisotopic (exact) mass is 236 g/mol. The molecule has 0 fully saturated rings. The highest BCUT2D eigenvalue weighted by atomic mass is 16.6. The minimum atomic E-state index is -0.500. The Morgan fingerprint density at radius 2 is 1.53 bits per heavy atom. The van der Waals surface area contributed by atoms with E-state index < -0.39 is 9.85 Å². The Kier molecular flexibility index (Phi) is 7.49. The van der Waals surface area contributed by atoms with Gasteiger partial charge in [-0.05, 0) is 18.6 Å². The van der Waals surface area contributed by atoms with Crippen molar-refractivity contribution in [1.82, 2.24) is 0 Å². The van der Waals surface area contributed by atoms with Gasteiger partial charge in [0.25, 0.3) is 0 Å². The fraction of sp³-hybridized carbons (Fsp3) is 0.0909. The smallest absolute Gasteiger partial charge is 0.235 e. The maximum Gasteiger partial charge on any atom is 0.235 e. The number of rotatable bonds is 3. The van der Waals surface area contributed by atoms with Crippen LogP contribution in [0.3, 0.4) is 0 Å². The molecule has 0 aliphatic heterocycles. The number of benzene rings is 1. The third-order valence-electron chi connectivity index (χ3n) is 1.46. The van der Waals surface area contributed by atoms with Crippen LogP contribution in [0.5, 0.6) is 0 Å². The maximum absolute atomic E-state index is 9.89. The second kappa shape index (κ2) is 8.78. The number of hydrogen-bond acceptors (Lipinski definition) is 4. The van der Waals surface area contributed by atoms with Crippen LogP contribution in [-0.2, 0) is 0 Å². The summed E-state index contributed by atoms with van der Waals surface area (Å²) in [6.45, 7) is 1.60.